The number of nitrogens with zero attached hydrogens (tertiary/aromatic N) is 1. The van der Waals surface area contributed by atoms with Crippen molar-refractivity contribution in [1.29, 1.82) is 0 Å². The fourth-order valence-electron chi connectivity index (χ4n) is 4.97. The molecule has 1 atom stereocenters. The molecular weight excluding hydrogens is 450 g/mol. The Labute approximate surface area is 210 Å². The first kappa shape index (κ1) is 23.5. The van der Waals surface area contributed by atoms with E-state index in [-0.39, 0.29) is 12.1 Å². The van der Waals surface area contributed by atoms with E-state index >= 15 is 0 Å². The van der Waals surface area contributed by atoms with E-state index in [1.165, 1.54) is 4.90 Å². The Morgan fingerprint density at radius 2 is 1.47 bits per heavy atom. The Balaban J connectivity index is 1.68. The number of amides is 2. The highest BCUT2D eigenvalue weighted by Crippen LogP contribution is 2.48. The van der Waals surface area contributed by atoms with E-state index in [2.05, 4.69) is 0 Å². The fourth-order valence-corrected chi connectivity index (χ4v) is 4.97. The minimum absolute atomic E-state index is 0.100. The largest absolute Gasteiger partial charge is 0.436 e. The number of hydrogen-bond donors (Lipinski definition) is 0. The summed E-state index contributed by atoms with van der Waals surface area (Å²) in [5.74, 6) is -1.50. The maximum atomic E-state index is 14.2. The summed E-state index contributed by atoms with van der Waals surface area (Å²) in [5.41, 5.74) is 3.04. The van der Waals surface area contributed by atoms with Gasteiger partial charge in [0.2, 0.25) is 5.60 Å². The fraction of sp³-hybridized carbons (Fsp3) is 0.194. The number of hydrogen-bond acceptors (Lipinski definition) is 4. The first-order valence-electron chi connectivity index (χ1n) is 12.1. The van der Waals surface area contributed by atoms with Crippen molar-refractivity contribution in [3.63, 3.8) is 0 Å². The lowest BCUT2D eigenvalue weighted by atomic mass is 9.81. The Bertz CT molecular complexity index is 1390. The standard InChI is InChI=1S/C31H27NO4/c1-3-25-26(18-23-16-14-21(2)15-17-23)31(36-29(25)34)27(19-22-10-6-4-7-11-22)28(33)32(30(31)35)20-24-12-8-5-9-13-24/h4-17,19H,3,18,20H2,1-2H3/b27-19+. The molecule has 2 aliphatic heterocycles. The summed E-state index contributed by atoms with van der Waals surface area (Å²) in [7, 11) is 0. The van der Waals surface area contributed by atoms with Gasteiger partial charge in [-0.2, -0.15) is 0 Å². The van der Waals surface area contributed by atoms with Crippen LogP contribution in [-0.4, -0.2) is 28.3 Å². The molecule has 1 unspecified atom stereocenters. The number of esters is 1. The molecule has 1 fully saturated rings. The van der Waals surface area contributed by atoms with E-state index in [0.717, 1.165) is 22.3 Å². The molecule has 0 aliphatic carbocycles. The van der Waals surface area contributed by atoms with Crippen LogP contribution in [0.3, 0.4) is 0 Å². The zero-order valence-electron chi connectivity index (χ0n) is 20.4. The normalized spacial score (nSPS) is 20.7. The molecule has 0 N–H and O–H groups in total. The number of carbonyl (C=O) groups is 3. The van der Waals surface area contributed by atoms with Crippen LogP contribution in [0.2, 0.25) is 0 Å². The third kappa shape index (κ3) is 3.97. The maximum Gasteiger partial charge on any atom is 0.335 e. The van der Waals surface area contributed by atoms with Gasteiger partial charge in [0.15, 0.2) is 0 Å². The molecule has 5 heteroatoms. The highest BCUT2D eigenvalue weighted by Gasteiger charge is 2.64. The minimum atomic E-state index is -1.77. The van der Waals surface area contributed by atoms with Crippen LogP contribution >= 0.6 is 0 Å². The first-order chi connectivity index (χ1) is 17.4. The van der Waals surface area contributed by atoms with Crippen LogP contribution in [0.5, 0.6) is 0 Å². The summed E-state index contributed by atoms with van der Waals surface area (Å²) >= 11 is 0. The molecule has 3 aromatic rings. The second-order valence-corrected chi connectivity index (χ2v) is 9.19. The molecule has 2 aliphatic rings. The van der Waals surface area contributed by atoms with Gasteiger partial charge < -0.3 is 4.74 Å². The van der Waals surface area contributed by atoms with Crippen molar-refractivity contribution < 1.29 is 19.1 Å². The van der Waals surface area contributed by atoms with Crippen LogP contribution in [0.4, 0.5) is 0 Å². The van der Waals surface area contributed by atoms with E-state index in [9.17, 15) is 14.4 Å². The summed E-state index contributed by atoms with van der Waals surface area (Å²) in [6.07, 6.45) is 2.42. The highest BCUT2D eigenvalue weighted by atomic mass is 16.6. The molecule has 3 aromatic carbocycles. The first-order valence-corrected chi connectivity index (χ1v) is 12.1. The molecule has 0 aromatic heterocycles. The summed E-state index contributed by atoms with van der Waals surface area (Å²) < 4.78 is 5.96. The molecular formula is C31H27NO4. The molecule has 5 nitrogen and oxygen atoms in total. The van der Waals surface area contributed by atoms with Crippen LogP contribution in [0.15, 0.2) is 102 Å². The van der Waals surface area contributed by atoms with Gasteiger partial charge in [0, 0.05) is 11.1 Å². The van der Waals surface area contributed by atoms with Gasteiger partial charge in [-0.3, -0.25) is 14.5 Å². The molecule has 0 radical (unpaired) electrons. The Morgan fingerprint density at radius 1 is 0.833 bits per heavy atom. The smallest absolute Gasteiger partial charge is 0.335 e. The van der Waals surface area contributed by atoms with Gasteiger partial charge in [-0.1, -0.05) is 97.4 Å². The third-order valence-electron chi connectivity index (χ3n) is 6.83. The number of rotatable bonds is 6. The van der Waals surface area contributed by atoms with Crippen molar-refractivity contribution in [3.05, 3.63) is 124 Å². The molecule has 0 saturated carbocycles. The van der Waals surface area contributed by atoms with E-state index in [1.807, 2.05) is 98.8 Å². The molecule has 36 heavy (non-hydrogen) atoms. The summed E-state index contributed by atoms with van der Waals surface area (Å²) in [5, 5.41) is 0. The van der Waals surface area contributed by atoms with E-state index in [0.29, 0.717) is 24.0 Å². The van der Waals surface area contributed by atoms with Crippen molar-refractivity contribution in [2.45, 2.75) is 38.8 Å². The van der Waals surface area contributed by atoms with Crippen molar-refractivity contribution in [1.82, 2.24) is 4.90 Å². The van der Waals surface area contributed by atoms with Gasteiger partial charge in [0.1, 0.15) is 0 Å². The van der Waals surface area contributed by atoms with Gasteiger partial charge in [-0.15, -0.1) is 0 Å². The van der Waals surface area contributed by atoms with E-state index in [1.54, 1.807) is 6.08 Å². The van der Waals surface area contributed by atoms with Gasteiger partial charge in [0.05, 0.1) is 12.1 Å². The quantitative estimate of drug-likeness (QED) is 0.278. The number of carbonyl (C=O) groups excluding carboxylic acids is 3. The van der Waals surface area contributed by atoms with Gasteiger partial charge in [-0.05, 0) is 42.5 Å². The Kier molecular flexibility index (Phi) is 6.15. The van der Waals surface area contributed by atoms with Gasteiger partial charge in [-0.25, -0.2) is 4.79 Å². The van der Waals surface area contributed by atoms with Crippen molar-refractivity contribution in [2.24, 2.45) is 0 Å². The van der Waals surface area contributed by atoms with Crippen LogP contribution in [0.25, 0.3) is 6.08 Å². The van der Waals surface area contributed by atoms with Crippen LogP contribution in [0, 0.1) is 6.92 Å². The van der Waals surface area contributed by atoms with Crippen LogP contribution in [0.1, 0.15) is 35.6 Å². The average Bonchev–Trinajstić information content (AvgIpc) is 3.28. The lowest BCUT2D eigenvalue weighted by Crippen LogP contribution is -2.43. The number of likely N-dealkylation sites (tertiary alicyclic amines) is 1. The Hall–Kier alpha value is -4.25. The molecule has 0 bridgehead atoms. The summed E-state index contributed by atoms with van der Waals surface area (Å²) in [6.45, 7) is 3.98. The molecule has 180 valence electrons. The maximum absolute atomic E-state index is 14.2. The molecule has 2 amide bonds. The second-order valence-electron chi connectivity index (χ2n) is 9.19. The lowest BCUT2D eigenvalue weighted by molar-refractivity contribution is -0.156. The SMILES string of the molecule is CCC1=C(Cc2ccc(C)cc2)C2(OC1=O)C(=O)N(Cc1ccccc1)C(=O)/C2=C\c1ccccc1. The highest BCUT2D eigenvalue weighted by molar-refractivity contribution is 6.25. The number of benzene rings is 3. The van der Waals surface area contributed by atoms with Crippen LogP contribution < -0.4 is 0 Å². The van der Waals surface area contributed by atoms with Gasteiger partial charge >= 0.3 is 5.97 Å². The predicted octanol–water partition coefficient (Wildman–Crippen LogP) is 5.19. The molecule has 2 heterocycles. The second kappa shape index (κ2) is 9.42. The summed E-state index contributed by atoms with van der Waals surface area (Å²) in [6, 6.07) is 26.6. The van der Waals surface area contributed by atoms with Crippen molar-refractivity contribution >= 4 is 23.9 Å². The van der Waals surface area contributed by atoms with Crippen LogP contribution in [-0.2, 0) is 32.1 Å². The van der Waals surface area contributed by atoms with E-state index < -0.39 is 23.4 Å². The predicted molar refractivity (Wildman–Crippen MR) is 137 cm³/mol. The van der Waals surface area contributed by atoms with Crippen molar-refractivity contribution in [2.75, 3.05) is 0 Å². The Morgan fingerprint density at radius 3 is 2.11 bits per heavy atom. The average molecular weight is 478 g/mol. The number of ether oxygens (including phenoxy) is 1. The molecule has 1 spiro atoms. The number of aryl methyl sites for hydroxylation is 1. The van der Waals surface area contributed by atoms with Gasteiger partial charge in [0.25, 0.3) is 11.8 Å². The number of imide groups is 1. The van der Waals surface area contributed by atoms with Crippen molar-refractivity contribution in [3.8, 4) is 0 Å². The molecule has 5 rings (SSSR count). The summed E-state index contributed by atoms with van der Waals surface area (Å²) in [4.78, 5) is 42.4. The minimum Gasteiger partial charge on any atom is -0.436 e. The third-order valence-corrected chi connectivity index (χ3v) is 6.83. The monoisotopic (exact) mass is 477 g/mol. The zero-order chi connectivity index (χ0) is 25.3. The van der Waals surface area contributed by atoms with E-state index in [4.69, 9.17) is 4.74 Å². The molecule has 1 saturated heterocycles. The topological polar surface area (TPSA) is 63.7 Å². The lowest BCUT2D eigenvalue weighted by Gasteiger charge is -2.25. The zero-order valence-corrected chi connectivity index (χ0v) is 20.4.